The summed E-state index contributed by atoms with van der Waals surface area (Å²) in [5, 5.41) is 14.7. The number of carbonyl (C=O) groups is 1. The molecule has 122 valence electrons. The lowest BCUT2D eigenvalue weighted by Gasteiger charge is -2.28. The molecule has 0 saturated heterocycles. The highest BCUT2D eigenvalue weighted by Crippen LogP contribution is 2.25. The van der Waals surface area contributed by atoms with Crippen LogP contribution in [0.15, 0.2) is 35.7 Å². The number of ether oxygens (including phenoxy) is 1. The molecule has 1 aliphatic carbocycles. The molecule has 1 aromatic heterocycles. The number of rotatable bonds is 4. The van der Waals surface area contributed by atoms with Crippen LogP contribution in [0, 0.1) is 6.92 Å². The molecule has 0 radical (unpaired) electrons. The van der Waals surface area contributed by atoms with Gasteiger partial charge in [0.1, 0.15) is 11.9 Å². The summed E-state index contributed by atoms with van der Waals surface area (Å²) >= 11 is 1.56. The molecule has 0 spiro atoms. The van der Waals surface area contributed by atoms with Gasteiger partial charge in [-0.2, -0.15) is 0 Å². The monoisotopic (exact) mass is 331 g/mol. The van der Waals surface area contributed by atoms with E-state index in [1.54, 1.807) is 11.3 Å². The standard InChI is InChI=1S/C18H21NO3S/c1-12-10-13(11-23-12)18(21)19-14-6-8-15(9-7-14)22-17-5-3-2-4-16(17)20/h6-11,16-17,20H,2-5H2,1H3,(H,19,21)/t16-,17-/m1/s1. The van der Waals surface area contributed by atoms with Crippen LogP contribution in [-0.2, 0) is 0 Å². The number of anilines is 1. The number of hydrogen-bond donors (Lipinski definition) is 2. The molecule has 1 amide bonds. The van der Waals surface area contributed by atoms with Crippen molar-refractivity contribution in [3.05, 3.63) is 46.2 Å². The lowest BCUT2D eigenvalue weighted by Crippen LogP contribution is -2.34. The fourth-order valence-corrected chi connectivity index (χ4v) is 3.46. The lowest BCUT2D eigenvalue weighted by atomic mass is 9.95. The predicted octanol–water partition coefficient (Wildman–Crippen LogP) is 3.99. The number of amides is 1. The molecule has 0 aliphatic heterocycles. The third kappa shape index (κ3) is 4.12. The second-order valence-corrected chi connectivity index (χ2v) is 7.05. The van der Waals surface area contributed by atoms with Crippen LogP contribution in [0.3, 0.4) is 0 Å². The van der Waals surface area contributed by atoms with E-state index in [-0.39, 0.29) is 18.1 Å². The smallest absolute Gasteiger partial charge is 0.256 e. The zero-order chi connectivity index (χ0) is 16.2. The molecule has 1 aliphatic rings. The van der Waals surface area contributed by atoms with Crippen molar-refractivity contribution < 1.29 is 14.6 Å². The van der Waals surface area contributed by atoms with Crippen molar-refractivity contribution in [2.75, 3.05) is 5.32 Å². The number of aliphatic hydroxyl groups excluding tert-OH is 1. The van der Waals surface area contributed by atoms with Gasteiger partial charge in [0, 0.05) is 15.9 Å². The van der Waals surface area contributed by atoms with E-state index in [0.29, 0.717) is 5.56 Å². The maximum absolute atomic E-state index is 12.1. The first-order valence-electron chi connectivity index (χ1n) is 7.93. The van der Waals surface area contributed by atoms with Gasteiger partial charge in [-0.25, -0.2) is 0 Å². The fraction of sp³-hybridized carbons (Fsp3) is 0.389. The van der Waals surface area contributed by atoms with E-state index in [9.17, 15) is 9.90 Å². The molecule has 4 nitrogen and oxygen atoms in total. The summed E-state index contributed by atoms with van der Waals surface area (Å²) in [5.74, 6) is 0.617. The number of nitrogens with one attached hydrogen (secondary N) is 1. The Morgan fingerprint density at radius 2 is 2.00 bits per heavy atom. The number of thiophene rings is 1. The SMILES string of the molecule is Cc1cc(C(=O)Nc2ccc(O[C@@H]3CCCC[C@H]3O)cc2)cs1. The van der Waals surface area contributed by atoms with Gasteiger partial charge in [0.15, 0.2) is 0 Å². The summed E-state index contributed by atoms with van der Waals surface area (Å²) in [7, 11) is 0. The molecule has 1 heterocycles. The average molecular weight is 331 g/mol. The first-order chi connectivity index (χ1) is 11.1. The molecule has 1 saturated carbocycles. The van der Waals surface area contributed by atoms with Gasteiger partial charge in [-0.05, 0) is 56.5 Å². The Hall–Kier alpha value is -1.85. The minimum Gasteiger partial charge on any atom is -0.488 e. The minimum absolute atomic E-state index is 0.106. The van der Waals surface area contributed by atoms with Crippen molar-refractivity contribution in [1.29, 1.82) is 0 Å². The molecule has 3 rings (SSSR count). The first-order valence-corrected chi connectivity index (χ1v) is 8.81. The lowest BCUT2D eigenvalue weighted by molar-refractivity contribution is 0.00688. The molecular formula is C18H21NO3S. The van der Waals surface area contributed by atoms with E-state index >= 15 is 0 Å². The van der Waals surface area contributed by atoms with Crippen LogP contribution < -0.4 is 10.1 Å². The van der Waals surface area contributed by atoms with Crippen molar-refractivity contribution in [3.8, 4) is 5.75 Å². The summed E-state index contributed by atoms with van der Waals surface area (Å²) in [5.41, 5.74) is 1.41. The highest BCUT2D eigenvalue weighted by molar-refractivity contribution is 7.10. The molecule has 0 unspecified atom stereocenters. The van der Waals surface area contributed by atoms with Crippen LogP contribution in [0.1, 0.15) is 40.9 Å². The van der Waals surface area contributed by atoms with E-state index in [1.165, 1.54) is 0 Å². The zero-order valence-electron chi connectivity index (χ0n) is 13.1. The first kappa shape index (κ1) is 16.0. The van der Waals surface area contributed by atoms with Crippen LogP contribution in [0.25, 0.3) is 0 Å². The summed E-state index contributed by atoms with van der Waals surface area (Å²) in [4.78, 5) is 13.2. The van der Waals surface area contributed by atoms with Gasteiger partial charge in [-0.15, -0.1) is 11.3 Å². The molecule has 0 bridgehead atoms. The third-order valence-corrected chi connectivity index (χ3v) is 4.92. The molecular weight excluding hydrogens is 310 g/mol. The number of carbonyl (C=O) groups excluding carboxylic acids is 1. The number of aryl methyl sites for hydroxylation is 1. The normalized spacial score (nSPS) is 21.0. The van der Waals surface area contributed by atoms with Gasteiger partial charge in [0.2, 0.25) is 0 Å². The van der Waals surface area contributed by atoms with E-state index < -0.39 is 0 Å². The second-order valence-electron chi connectivity index (χ2n) is 5.93. The van der Waals surface area contributed by atoms with Gasteiger partial charge in [-0.1, -0.05) is 6.42 Å². The van der Waals surface area contributed by atoms with Crippen LogP contribution in [0.2, 0.25) is 0 Å². The van der Waals surface area contributed by atoms with Crippen LogP contribution >= 0.6 is 11.3 Å². The summed E-state index contributed by atoms with van der Waals surface area (Å²) in [6.07, 6.45) is 3.34. The van der Waals surface area contributed by atoms with E-state index in [1.807, 2.05) is 42.6 Å². The third-order valence-electron chi connectivity index (χ3n) is 4.06. The largest absolute Gasteiger partial charge is 0.488 e. The van der Waals surface area contributed by atoms with Crippen LogP contribution in [0.4, 0.5) is 5.69 Å². The van der Waals surface area contributed by atoms with E-state index in [0.717, 1.165) is 42.0 Å². The Morgan fingerprint density at radius 1 is 1.26 bits per heavy atom. The zero-order valence-corrected chi connectivity index (χ0v) is 13.9. The molecule has 1 fully saturated rings. The summed E-state index contributed by atoms with van der Waals surface area (Å²) < 4.78 is 5.85. The number of benzene rings is 1. The van der Waals surface area contributed by atoms with E-state index in [4.69, 9.17) is 4.74 Å². The highest BCUT2D eigenvalue weighted by atomic mass is 32.1. The Kier molecular flexibility index (Phi) is 4.98. The minimum atomic E-state index is -0.384. The Labute approximate surface area is 140 Å². The molecule has 2 N–H and O–H groups in total. The van der Waals surface area contributed by atoms with Crippen molar-refractivity contribution in [2.45, 2.75) is 44.8 Å². The van der Waals surface area contributed by atoms with Crippen molar-refractivity contribution in [2.24, 2.45) is 0 Å². The summed E-state index contributed by atoms with van der Waals surface area (Å²) in [6, 6.07) is 9.18. The Morgan fingerprint density at radius 3 is 2.65 bits per heavy atom. The number of aliphatic hydroxyl groups is 1. The summed E-state index contributed by atoms with van der Waals surface area (Å²) in [6.45, 7) is 1.98. The molecule has 2 atom stereocenters. The van der Waals surface area contributed by atoms with Crippen molar-refractivity contribution >= 4 is 22.9 Å². The van der Waals surface area contributed by atoms with E-state index in [2.05, 4.69) is 5.32 Å². The van der Waals surface area contributed by atoms with Gasteiger partial charge in [-0.3, -0.25) is 4.79 Å². The predicted molar refractivity (Wildman–Crippen MR) is 92.3 cm³/mol. The second kappa shape index (κ2) is 7.15. The maximum atomic E-state index is 12.1. The Balaban J connectivity index is 1.59. The van der Waals surface area contributed by atoms with Crippen molar-refractivity contribution in [1.82, 2.24) is 0 Å². The quantitative estimate of drug-likeness (QED) is 0.890. The van der Waals surface area contributed by atoms with Gasteiger partial charge in [0.25, 0.3) is 5.91 Å². The maximum Gasteiger partial charge on any atom is 0.256 e. The average Bonchev–Trinajstić information content (AvgIpc) is 2.98. The van der Waals surface area contributed by atoms with Gasteiger partial charge in [0.05, 0.1) is 11.7 Å². The van der Waals surface area contributed by atoms with Gasteiger partial charge < -0.3 is 15.2 Å². The van der Waals surface area contributed by atoms with Gasteiger partial charge >= 0.3 is 0 Å². The fourth-order valence-electron chi connectivity index (χ4n) is 2.77. The molecule has 23 heavy (non-hydrogen) atoms. The topological polar surface area (TPSA) is 58.6 Å². The molecule has 5 heteroatoms. The van der Waals surface area contributed by atoms with Crippen LogP contribution in [-0.4, -0.2) is 23.2 Å². The number of hydrogen-bond acceptors (Lipinski definition) is 4. The van der Waals surface area contributed by atoms with Crippen LogP contribution in [0.5, 0.6) is 5.75 Å². The Bertz CT molecular complexity index is 665. The highest BCUT2D eigenvalue weighted by Gasteiger charge is 2.24. The molecule has 1 aromatic carbocycles. The molecule has 2 aromatic rings. The van der Waals surface area contributed by atoms with Crippen molar-refractivity contribution in [3.63, 3.8) is 0 Å².